The maximum Gasteiger partial charge on any atom is 0.0774 e. The summed E-state index contributed by atoms with van der Waals surface area (Å²) in [6.07, 6.45) is 1.95. The second-order valence-electron chi connectivity index (χ2n) is 16.5. The Balaban J connectivity index is 0.000000253. The van der Waals surface area contributed by atoms with Crippen molar-refractivity contribution in [2.24, 2.45) is 0 Å². The second-order valence-corrected chi connectivity index (χ2v) is 28.2. The largest absolute Gasteiger partial charge is 0.333 e. The normalized spacial score (nSPS) is 13.6. The van der Waals surface area contributed by atoms with Crippen LogP contribution < -0.4 is 4.40 Å². The van der Waals surface area contributed by atoms with Gasteiger partial charge < -0.3 is 4.57 Å². The maximum absolute atomic E-state index is 8.35. The van der Waals surface area contributed by atoms with E-state index in [1.54, 1.807) is 29.5 Å². The standard InChI is InChI=1S/C38H33N2S.C15H18GeN.Ir/c1-23(2)30-21-27(26-13-7-6-8-14-26)22-31(24(3)4)36(30)40-33-17-11-10-16-32(33)39-38(40)29-20-19-25(5)35-28-15-9-12-18-34(28)41-37(29)35;1-12-5-7-13(8-6-12)15-10-9-14(11-17-15)16(2,3)4;/h6-19,21-24H,1-5H3;5-7,9-11H,1-4H3;/q2*-1;/i5D3;1D3;. The van der Waals surface area contributed by atoms with Crippen molar-refractivity contribution in [3.8, 4) is 39.5 Å². The first-order chi connectivity index (χ1) is 30.3. The van der Waals surface area contributed by atoms with Gasteiger partial charge in [0.1, 0.15) is 0 Å². The molecule has 3 aromatic heterocycles. The molecule has 6 heteroatoms. The summed E-state index contributed by atoms with van der Waals surface area (Å²) in [4.78, 5) is 9.73. The van der Waals surface area contributed by atoms with Gasteiger partial charge in [-0.2, -0.15) is 11.3 Å². The SMILES string of the molecule is [2H]C([2H])([2H])c1c[c-]c(-c2cc[c]([Ge]([CH3])([CH3])[CH3])cn2)cc1.[2H]C([2H])([2H])c1c[c-]c(-c2nc3ccccc3n2-c2c(C(C)C)cc(-c3ccccc3)cc2C(C)C)c2sc3ccccc3c12.[Ir]. The molecule has 0 fully saturated rings. The number of rotatable bonds is 7. The number of imidazole rings is 1. The van der Waals surface area contributed by atoms with Crippen LogP contribution >= 0.6 is 11.3 Å². The summed E-state index contributed by atoms with van der Waals surface area (Å²) < 4.78 is 52.7. The summed E-state index contributed by atoms with van der Waals surface area (Å²) in [6.45, 7) is 4.65. The molecule has 9 rings (SSSR count). The number of hydrogen-bond acceptors (Lipinski definition) is 3. The molecule has 0 spiro atoms. The Morgan fingerprint density at radius 2 is 1.44 bits per heavy atom. The Hall–Kier alpha value is -4.65. The van der Waals surface area contributed by atoms with E-state index in [1.165, 1.54) is 32.7 Å². The van der Waals surface area contributed by atoms with Crippen LogP contribution in [0.2, 0.25) is 17.3 Å². The molecule has 3 nitrogen and oxygen atoms in total. The van der Waals surface area contributed by atoms with E-state index in [0.29, 0.717) is 11.1 Å². The Kier molecular flexibility index (Phi) is 10.4. The van der Waals surface area contributed by atoms with E-state index in [4.69, 9.17) is 13.2 Å². The average Bonchev–Trinajstić information content (AvgIpc) is 3.84. The molecule has 0 unspecified atom stereocenters. The van der Waals surface area contributed by atoms with Gasteiger partial charge in [0.05, 0.1) is 16.9 Å². The van der Waals surface area contributed by atoms with Crippen molar-refractivity contribution in [2.75, 3.05) is 0 Å². The predicted molar refractivity (Wildman–Crippen MR) is 253 cm³/mol. The predicted octanol–water partition coefficient (Wildman–Crippen LogP) is 14.5. The number of para-hydroxylation sites is 2. The summed E-state index contributed by atoms with van der Waals surface area (Å²) >= 11 is -0.218. The minimum Gasteiger partial charge on any atom is -0.333 e. The fourth-order valence-corrected chi connectivity index (χ4v) is 10.9. The molecular weight excluding hydrogens is 975 g/mol. The van der Waals surface area contributed by atoms with Crippen LogP contribution in [0.25, 0.3) is 70.7 Å². The van der Waals surface area contributed by atoms with Crippen LogP contribution in [0.5, 0.6) is 0 Å². The van der Waals surface area contributed by atoms with Crippen molar-refractivity contribution in [3.63, 3.8) is 0 Å². The van der Waals surface area contributed by atoms with E-state index in [1.807, 2.05) is 36.5 Å². The zero-order valence-electron chi connectivity index (χ0n) is 40.4. The van der Waals surface area contributed by atoms with Crippen molar-refractivity contribution >= 4 is 60.2 Å². The van der Waals surface area contributed by atoms with Crippen molar-refractivity contribution in [2.45, 2.75) is 70.5 Å². The molecule has 0 N–H and O–H groups in total. The van der Waals surface area contributed by atoms with Crippen molar-refractivity contribution in [1.82, 2.24) is 14.5 Å². The molecule has 0 atom stereocenters. The minimum atomic E-state index is -2.26. The van der Waals surface area contributed by atoms with Crippen LogP contribution in [0.3, 0.4) is 0 Å². The third-order valence-corrected chi connectivity index (χ3v) is 16.1. The molecule has 59 heavy (non-hydrogen) atoms. The zero-order valence-corrected chi connectivity index (χ0v) is 39.7. The van der Waals surface area contributed by atoms with E-state index >= 15 is 0 Å². The van der Waals surface area contributed by atoms with Gasteiger partial charge in [-0.15, -0.1) is 17.7 Å². The maximum atomic E-state index is 8.35. The monoisotopic (exact) mass is 1030 g/mol. The number of benzene rings is 6. The number of fused-ring (bicyclic) bond motifs is 4. The molecule has 0 saturated heterocycles. The van der Waals surface area contributed by atoms with Gasteiger partial charge in [-0.05, 0) is 74.5 Å². The summed E-state index contributed by atoms with van der Waals surface area (Å²) in [5, 5.41) is 1.72. The van der Waals surface area contributed by atoms with Crippen LogP contribution in [0.1, 0.15) is 70.0 Å². The van der Waals surface area contributed by atoms with Gasteiger partial charge in [-0.3, -0.25) is 4.98 Å². The number of aryl methyl sites for hydroxylation is 2. The Morgan fingerprint density at radius 1 is 0.729 bits per heavy atom. The molecule has 6 aromatic carbocycles. The molecule has 0 aliphatic rings. The molecule has 299 valence electrons. The Morgan fingerprint density at radius 3 is 2.08 bits per heavy atom. The Labute approximate surface area is 378 Å². The quantitative estimate of drug-likeness (QED) is 0.118. The molecular formula is C53H51GeIrN3S-2. The summed E-state index contributed by atoms with van der Waals surface area (Å²) in [5.74, 6) is 8.24. The average molecular weight is 1030 g/mol. The molecule has 0 amide bonds. The van der Waals surface area contributed by atoms with Gasteiger partial charge in [0.15, 0.2) is 0 Å². The summed E-state index contributed by atoms with van der Waals surface area (Å²) in [5.41, 5.74) is 11.0. The van der Waals surface area contributed by atoms with Gasteiger partial charge in [-0.25, -0.2) is 0 Å². The molecule has 0 aliphatic heterocycles. The first kappa shape index (κ1) is 35.1. The van der Waals surface area contributed by atoms with Gasteiger partial charge in [-0.1, -0.05) is 106 Å². The van der Waals surface area contributed by atoms with Crippen molar-refractivity contribution in [3.05, 3.63) is 168 Å². The first-order valence-corrected chi connectivity index (χ1v) is 28.0. The number of pyridine rings is 1. The number of nitrogens with zero attached hydrogens (tertiary/aromatic N) is 3. The van der Waals surface area contributed by atoms with Gasteiger partial charge >= 0.3 is 110 Å². The van der Waals surface area contributed by atoms with E-state index in [0.717, 1.165) is 59.5 Å². The van der Waals surface area contributed by atoms with Crippen LogP contribution in [-0.2, 0) is 20.1 Å². The zero-order chi connectivity index (χ0) is 45.7. The van der Waals surface area contributed by atoms with Gasteiger partial charge in [0, 0.05) is 34.6 Å². The Bertz CT molecular complexity index is 3030. The number of hydrogen-bond donors (Lipinski definition) is 0. The molecule has 0 aliphatic carbocycles. The molecule has 9 aromatic rings. The topological polar surface area (TPSA) is 30.7 Å². The molecule has 0 saturated carbocycles. The second kappa shape index (κ2) is 17.5. The van der Waals surface area contributed by atoms with E-state index in [9.17, 15) is 0 Å². The van der Waals surface area contributed by atoms with Crippen molar-refractivity contribution in [1.29, 1.82) is 0 Å². The number of thiophene rings is 1. The minimum absolute atomic E-state index is 0. The van der Waals surface area contributed by atoms with Gasteiger partial charge in [0.25, 0.3) is 0 Å². The third kappa shape index (κ3) is 8.54. The van der Waals surface area contributed by atoms with Crippen LogP contribution in [0.15, 0.2) is 134 Å². The van der Waals surface area contributed by atoms with Crippen LogP contribution in [0.4, 0.5) is 0 Å². The van der Waals surface area contributed by atoms with Crippen LogP contribution in [0, 0.1) is 25.8 Å². The van der Waals surface area contributed by atoms with Crippen molar-refractivity contribution < 1.29 is 28.3 Å². The van der Waals surface area contributed by atoms with Crippen LogP contribution in [-0.4, -0.2) is 27.8 Å². The molecule has 1 radical (unpaired) electrons. The molecule has 0 bridgehead atoms. The summed E-state index contributed by atoms with van der Waals surface area (Å²) in [6, 6.07) is 48.7. The smallest absolute Gasteiger partial charge is 0.0774 e. The fourth-order valence-electron chi connectivity index (χ4n) is 7.55. The fraction of sp³-hybridized carbons (Fsp3) is 0.208. The number of aromatic nitrogens is 3. The van der Waals surface area contributed by atoms with E-state index < -0.39 is 27.0 Å². The third-order valence-electron chi connectivity index (χ3n) is 10.7. The van der Waals surface area contributed by atoms with E-state index in [2.05, 4.69) is 139 Å². The first-order valence-electron chi connectivity index (χ1n) is 22.9. The van der Waals surface area contributed by atoms with E-state index in [-0.39, 0.29) is 31.9 Å². The summed E-state index contributed by atoms with van der Waals surface area (Å²) in [7, 11) is 0. The van der Waals surface area contributed by atoms with Gasteiger partial charge in [0.2, 0.25) is 0 Å². The molecule has 3 heterocycles.